The summed E-state index contributed by atoms with van der Waals surface area (Å²) >= 11 is 3.35. The minimum Gasteiger partial charge on any atom is -0.349 e. The van der Waals surface area contributed by atoms with Crippen LogP contribution in [0.5, 0.6) is 0 Å². The molecule has 2 aromatic carbocycles. The predicted molar refractivity (Wildman–Crippen MR) is 107 cm³/mol. The molecule has 0 unspecified atom stereocenters. The molecule has 0 aliphatic heterocycles. The minimum absolute atomic E-state index is 0.0480. The Kier molecular flexibility index (Phi) is 5.09. The highest BCUT2D eigenvalue weighted by Crippen LogP contribution is 2.34. The number of hydrogen-bond acceptors (Lipinski definition) is 3. The molecular weight excluding hydrogens is 428 g/mol. The van der Waals surface area contributed by atoms with Gasteiger partial charge in [0.05, 0.1) is 4.90 Å². The molecule has 2 aliphatic rings. The maximum absolute atomic E-state index is 13.1. The van der Waals surface area contributed by atoms with Gasteiger partial charge in [-0.3, -0.25) is 4.79 Å². The summed E-state index contributed by atoms with van der Waals surface area (Å²) in [5.41, 5.74) is 1.49. The summed E-state index contributed by atoms with van der Waals surface area (Å²) in [5, 5.41) is 2.96. The Morgan fingerprint density at radius 3 is 2.37 bits per heavy atom. The molecule has 2 aliphatic carbocycles. The molecule has 0 aromatic heterocycles. The fourth-order valence-corrected chi connectivity index (χ4v) is 5.24. The van der Waals surface area contributed by atoms with Gasteiger partial charge >= 0.3 is 0 Å². The van der Waals surface area contributed by atoms with Crippen molar-refractivity contribution < 1.29 is 13.2 Å². The molecule has 0 atom stereocenters. The predicted octanol–water partition coefficient (Wildman–Crippen LogP) is 3.69. The fourth-order valence-electron chi connectivity index (χ4n) is 2.97. The first-order valence-electron chi connectivity index (χ1n) is 9.11. The van der Waals surface area contributed by atoms with Crippen LogP contribution in [0, 0.1) is 0 Å². The van der Waals surface area contributed by atoms with Crippen LogP contribution >= 0.6 is 15.9 Å². The van der Waals surface area contributed by atoms with Gasteiger partial charge in [-0.15, -0.1) is 0 Å². The first-order chi connectivity index (χ1) is 12.9. The van der Waals surface area contributed by atoms with Crippen molar-refractivity contribution in [2.75, 3.05) is 0 Å². The topological polar surface area (TPSA) is 66.5 Å². The van der Waals surface area contributed by atoms with E-state index in [1.807, 2.05) is 18.2 Å². The number of rotatable bonds is 7. The van der Waals surface area contributed by atoms with Crippen molar-refractivity contribution in [3.63, 3.8) is 0 Å². The van der Waals surface area contributed by atoms with Crippen molar-refractivity contribution in [2.45, 2.75) is 49.2 Å². The number of benzene rings is 2. The van der Waals surface area contributed by atoms with Gasteiger partial charge in [0.2, 0.25) is 10.0 Å². The summed E-state index contributed by atoms with van der Waals surface area (Å²) in [6, 6.07) is 14.4. The van der Waals surface area contributed by atoms with Gasteiger partial charge in [-0.25, -0.2) is 8.42 Å². The molecule has 0 saturated heterocycles. The summed E-state index contributed by atoms with van der Waals surface area (Å²) in [6.07, 6.45) is 3.87. The van der Waals surface area contributed by atoms with Gasteiger partial charge in [-0.2, -0.15) is 4.31 Å². The number of halogens is 1. The van der Waals surface area contributed by atoms with Crippen LogP contribution in [0.4, 0.5) is 0 Å². The zero-order chi connectivity index (χ0) is 19.0. The molecule has 2 fully saturated rings. The van der Waals surface area contributed by atoms with Gasteiger partial charge in [-0.1, -0.05) is 34.1 Å². The third-order valence-electron chi connectivity index (χ3n) is 4.82. The van der Waals surface area contributed by atoms with Crippen molar-refractivity contribution in [1.29, 1.82) is 0 Å². The Morgan fingerprint density at radius 1 is 1.07 bits per heavy atom. The highest BCUT2D eigenvalue weighted by Gasteiger charge is 2.38. The zero-order valence-electron chi connectivity index (χ0n) is 14.8. The van der Waals surface area contributed by atoms with Crippen LogP contribution in [0.2, 0.25) is 0 Å². The summed E-state index contributed by atoms with van der Waals surface area (Å²) in [4.78, 5) is 12.4. The van der Waals surface area contributed by atoms with Crippen LogP contribution in [0.3, 0.4) is 0 Å². The molecule has 0 spiro atoms. The monoisotopic (exact) mass is 448 g/mol. The lowest BCUT2D eigenvalue weighted by Crippen LogP contribution is -2.32. The third kappa shape index (κ3) is 4.42. The summed E-state index contributed by atoms with van der Waals surface area (Å²) in [6.45, 7) is 0.310. The number of nitrogens with one attached hydrogen (secondary N) is 1. The van der Waals surface area contributed by atoms with Crippen LogP contribution in [0.25, 0.3) is 0 Å². The highest BCUT2D eigenvalue weighted by atomic mass is 79.9. The van der Waals surface area contributed by atoms with E-state index in [2.05, 4.69) is 21.2 Å². The summed E-state index contributed by atoms with van der Waals surface area (Å²) < 4.78 is 28.5. The first-order valence-corrected chi connectivity index (χ1v) is 11.3. The van der Waals surface area contributed by atoms with Crippen LogP contribution < -0.4 is 5.32 Å². The Morgan fingerprint density at radius 2 is 1.78 bits per heavy atom. The first kappa shape index (κ1) is 18.7. The lowest BCUT2D eigenvalue weighted by atomic mass is 10.1. The quantitative estimate of drug-likeness (QED) is 0.701. The van der Waals surface area contributed by atoms with Crippen LogP contribution in [0.15, 0.2) is 57.9 Å². The van der Waals surface area contributed by atoms with Crippen LogP contribution in [0.1, 0.15) is 41.6 Å². The SMILES string of the molecule is O=C(NC1CC1)c1ccc(CN(C2CC2)S(=O)(=O)c2cccc(Br)c2)cc1. The number of sulfonamides is 1. The molecule has 2 aromatic rings. The van der Waals surface area contributed by atoms with Crippen molar-refractivity contribution in [2.24, 2.45) is 0 Å². The molecule has 5 nitrogen and oxygen atoms in total. The number of amides is 1. The van der Waals surface area contributed by atoms with E-state index in [1.54, 1.807) is 34.6 Å². The summed E-state index contributed by atoms with van der Waals surface area (Å²) in [5.74, 6) is -0.0649. The zero-order valence-corrected chi connectivity index (χ0v) is 17.2. The second-order valence-corrected chi connectivity index (χ2v) is 9.99. The third-order valence-corrected chi connectivity index (χ3v) is 7.21. The second kappa shape index (κ2) is 7.37. The summed E-state index contributed by atoms with van der Waals surface area (Å²) in [7, 11) is -3.57. The maximum atomic E-state index is 13.1. The average Bonchev–Trinajstić information content (AvgIpc) is 3.55. The molecule has 2 saturated carbocycles. The van der Waals surface area contributed by atoms with E-state index < -0.39 is 10.0 Å². The minimum atomic E-state index is -3.57. The van der Waals surface area contributed by atoms with Gasteiger partial charge in [-0.05, 0) is 61.6 Å². The number of carbonyl (C=O) groups excluding carboxylic acids is 1. The van der Waals surface area contributed by atoms with Gasteiger partial charge in [0.25, 0.3) is 5.91 Å². The molecule has 4 rings (SSSR count). The molecule has 0 radical (unpaired) electrons. The number of carbonyl (C=O) groups is 1. The Hall–Kier alpha value is -1.70. The van der Waals surface area contributed by atoms with E-state index in [4.69, 9.17) is 0 Å². The van der Waals surface area contributed by atoms with E-state index in [1.165, 1.54) is 0 Å². The van der Waals surface area contributed by atoms with Gasteiger partial charge in [0.1, 0.15) is 0 Å². The highest BCUT2D eigenvalue weighted by molar-refractivity contribution is 9.10. The number of nitrogens with zero attached hydrogens (tertiary/aromatic N) is 1. The standard InChI is InChI=1S/C20H21BrN2O3S/c21-16-2-1-3-19(12-16)27(25,26)23(18-10-11-18)13-14-4-6-15(7-5-14)20(24)22-17-8-9-17/h1-7,12,17-18H,8-11,13H2,(H,22,24). The molecule has 142 valence electrons. The Balaban J connectivity index is 1.52. The van der Waals surface area contributed by atoms with E-state index in [0.717, 1.165) is 35.7 Å². The van der Waals surface area contributed by atoms with E-state index in [0.29, 0.717) is 23.0 Å². The second-order valence-electron chi connectivity index (χ2n) is 7.18. The molecule has 1 N–H and O–H groups in total. The smallest absolute Gasteiger partial charge is 0.251 e. The normalized spacial score (nSPS) is 17.1. The molecule has 7 heteroatoms. The fraction of sp³-hybridized carbons (Fsp3) is 0.350. The Labute approximate surface area is 167 Å². The molecule has 0 heterocycles. The van der Waals surface area contributed by atoms with E-state index in [9.17, 15) is 13.2 Å². The lowest BCUT2D eigenvalue weighted by Gasteiger charge is -2.22. The molecular formula is C20H21BrN2O3S. The maximum Gasteiger partial charge on any atom is 0.251 e. The lowest BCUT2D eigenvalue weighted by molar-refractivity contribution is 0.0951. The van der Waals surface area contributed by atoms with Crippen LogP contribution in [-0.4, -0.2) is 30.7 Å². The van der Waals surface area contributed by atoms with Crippen LogP contribution in [-0.2, 0) is 16.6 Å². The van der Waals surface area contributed by atoms with E-state index in [-0.39, 0.29) is 11.9 Å². The number of hydrogen-bond donors (Lipinski definition) is 1. The van der Waals surface area contributed by atoms with Gasteiger partial charge < -0.3 is 5.32 Å². The molecule has 0 bridgehead atoms. The van der Waals surface area contributed by atoms with Crippen molar-refractivity contribution >= 4 is 31.9 Å². The molecule has 27 heavy (non-hydrogen) atoms. The largest absolute Gasteiger partial charge is 0.349 e. The Bertz CT molecular complexity index is 951. The average molecular weight is 449 g/mol. The molecule has 1 amide bonds. The van der Waals surface area contributed by atoms with E-state index >= 15 is 0 Å². The van der Waals surface area contributed by atoms with Crippen molar-refractivity contribution in [3.8, 4) is 0 Å². The van der Waals surface area contributed by atoms with Gasteiger partial charge in [0, 0.05) is 28.7 Å². The van der Waals surface area contributed by atoms with Crippen molar-refractivity contribution in [3.05, 3.63) is 64.1 Å². The van der Waals surface area contributed by atoms with Gasteiger partial charge in [0.15, 0.2) is 0 Å². The van der Waals surface area contributed by atoms with Crippen molar-refractivity contribution in [1.82, 2.24) is 9.62 Å².